The molecule has 0 aliphatic carbocycles. The van der Waals surface area contributed by atoms with Gasteiger partial charge < -0.3 is 28.8 Å². The summed E-state index contributed by atoms with van der Waals surface area (Å²) in [7, 11) is 5.84. The van der Waals surface area contributed by atoms with Crippen molar-refractivity contribution in [1.29, 1.82) is 0 Å². The zero-order chi connectivity index (χ0) is 18.8. The van der Waals surface area contributed by atoms with Gasteiger partial charge in [-0.2, -0.15) is 0 Å². The third-order valence-corrected chi connectivity index (χ3v) is 3.97. The smallest absolute Gasteiger partial charge is 0.235 e. The van der Waals surface area contributed by atoms with E-state index >= 15 is 0 Å². The third-order valence-electron chi connectivity index (χ3n) is 3.97. The van der Waals surface area contributed by atoms with Crippen LogP contribution in [0.4, 0.5) is 0 Å². The van der Waals surface area contributed by atoms with Crippen LogP contribution in [0, 0.1) is 0 Å². The fourth-order valence-electron chi connectivity index (χ4n) is 2.76. The summed E-state index contributed by atoms with van der Waals surface area (Å²) in [5, 5.41) is 9.89. The molecule has 0 spiro atoms. The van der Waals surface area contributed by atoms with Gasteiger partial charge >= 0.3 is 0 Å². The highest BCUT2D eigenvalue weighted by Crippen LogP contribution is 2.49. The van der Waals surface area contributed by atoms with E-state index in [0.29, 0.717) is 28.6 Å². The Balaban J connectivity index is 2.06. The van der Waals surface area contributed by atoms with Crippen LogP contribution in [0.3, 0.4) is 0 Å². The van der Waals surface area contributed by atoms with Crippen LogP contribution >= 0.6 is 0 Å². The molecule has 0 aromatic heterocycles. The molecule has 1 N–H and O–H groups in total. The maximum Gasteiger partial charge on any atom is 0.235 e. The highest BCUT2D eigenvalue weighted by atomic mass is 16.5. The largest absolute Gasteiger partial charge is 0.504 e. The summed E-state index contributed by atoms with van der Waals surface area (Å²) in [4.78, 5) is 12.8. The van der Waals surface area contributed by atoms with Crippen LogP contribution in [0.1, 0.15) is 15.9 Å². The van der Waals surface area contributed by atoms with Crippen molar-refractivity contribution < 1.29 is 33.6 Å². The van der Waals surface area contributed by atoms with E-state index in [4.69, 9.17) is 23.7 Å². The van der Waals surface area contributed by atoms with Gasteiger partial charge in [-0.1, -0.05) is 6.07 Å². The van der Waals surface area contributed by atoms with Gasteiger partial charge in [-0.25, -0.2) is 0 Å². The Hall–Kier alpha value is -3.35. The number of methoxy groups -OCH3 is 4. The Labute approximate surface area is 150 Å². The molecule has 0 unspecified atom stereocenters. The van der Waals surface area contributed by atoms with E-state index in [0.717, 1.165) is 0 Å². The van der Waals surface area contributed by atoms with E-state index < -0.39 is 0 Å². The second kappa shape index (κ2) is 6.87. The normalized spacial score (nSPS) is 14.0. The quantitative estimate of drug-likeness (QED) is 0.823. The number of hydrogen-bond acceptors (Lipinski definition) is 7. The lowest BCUT2D eigenvalue weighted by molar-refractivity contribution is 0.101. The van der Waals surface area contributed by atoms with E-state index in [1.807, 2.05) is 0 Å². The number of allylic oxidation sites excluding steroid dienone is 1. The number of phenolic OH excluding ortho intramolecular Hbond substituents is 1. The summed E-state index contributed by atoms with van der Waals surface area (Å²) in [6.07, 6.45) is 1.53. The molecule has 3 rings (SSSR count). The van der Waals surface area contributed by atoms with Gasteiger partial charge in [0, 0.05) is 6.07 Å². The maximum absolute atomic E-state index is 12.8. The molecule has 0 saturated carbocycles. The Morgan fingerprint density at radius 3 is 2.19 bits per heavy atom. The molecule has 1 heterocycles. The summed E-state index contributed by atoms with van der Waals surface area (Å²) in [5.41, 5.74) is 0.839. The van der Waals surface area contributed by atoms with Crippen molar-refractivity contribution in [3.8, 4) is 34.5 Å². The Bertz CT molecular complexity index is 899. The molecule has 0 bridgehead atoms. The standard InChI is InChI=1S/C19H18O7/c1-22-12-6-5-10(7-11(12)20)8-14-17(21)16-13(26-14)9-15(23-2)18(24-3)19(16)25-4/h5-9,20H,1-4H3/b14-8+. The third kappa shape index (κ3) is 2.77. The van der Waals surface area contributed by atoms with Crippen molar-refractivity contribution in [3.63, 3.8) is 0 Å². The van der Waals surface area contributed by atoms with Crippen LogP contribution in [0.5, 0.6) is 34.5 Å². The van der Waals surface area contributed by atoms with Gasteiger partial charge in [0.15, 0.2) is 28.8 Å². The fraction of sp³-hybridized carbons (Fsp3) is 0.211. The van der Waals surface area contributed by atoms with E-state index in [1.54, 1.807) is 18.2 Å². The first-order valence-electron chi connectivity index (χ1n) is 7.68. The minimum Gasteiger partial charge on any atom is -0.504 e. The molecular formula is C19H18O7. The van der Waals surface area contributed by atoms with E-state index in [-0.39, 0.29) is 28.6 Å². The van der Waals surface area contributed by atoms with Gasteiger partial charge in [0.2, 0.25) is 11.5 Å². The minimum atomic E-state index is -0.354. The van der Waals surface area contributed by atoms with Crippen LogP contribution in [-0.4, -0.2) is 39.3 Å². The molecule has 2 aromatic carbocycles. The zero-order valence-electron chi connectivity index (χ0n) is 14.8. The summed E-state index contributed by atoms with van der Waals surface area (Å²) in [5.74, 6) is 1.30. The Morgan fingerprint density at radius 2 is 1.62 bits per heavy atom. The molecule has 0 amide bonds. The van der Waals surface area contributed by atoms with Crippen molar-refractivity contribution in [2.45, 2.75) is 0 Å². The molecule has 1 aliphatic heterocycles. The Kier molecular flexibility index (Phi) is 4.62. The average Bonchev–Trinajstić information content (AvgIpc) is 2.95. The molecule has 26 heavy (non-hydrogen) atoms. The molecule has 2 aromatic rings. The average molecular weight is 358 g/mol. The SMILES string of the molecule is COc1ccc(/C=C2/Oc3cc(OC)c(OC)c(OC)c3C2=O)cc1O. The maximum atomic E-state index is 12.8. The first-order valence-corrected chi connectivity index (χ1v) is 7.68. The second-order valence-electron chi connectivity index (χ2n) is 5.39. The van der Waals surface area contributed by atoms with Crippen molar-refractivity contribution in [2.75, 3.05) is 28.4 Å². The van der Waals surface area contributed by atoms with Gasteiger partial charge in [0.05, 0.1) is 28.4 Å². The van der Waals surface area contributed by atoms with Crippen LogP contribution < -0.4 is 23.7 Å². The van der Waals surface area contributed by atoms with E-state index in [2.05, 4.69) is 0 Å². The van der Waals surface area contributed by atoms with Crippen LogP contribution in [0.2, 0.25) is 0 Å². The number of ether oxygens (including phenoxy) is 5. The predicted octanol–water partition coefficient (Wildman–Crippen LogP) is 3.04. The number of carbonyl (C=O) groups excluding carboxylic acids is 1. The lowest BCUT2D eigenvalue weighted by atomic mass is 10.1. The molecular weight excluding hydrogens is 340 g/mol. The molecule has 0 saturated heterocycles. The molecule has 0 radical (unpaired) electrons. The number of phenols is 1. The van der Waals surface area contributed by atoms with Crippen molar-refractivity contribution in [1.82, 2.24) is 0 Å². The number of fused-ring (bicyclic) bond motifs is 1. The highest BCUT2D eigenvalue weighted by molar-refractivity contribution is 6.17. The number of Topliss-reactive ketones (excluding diaryl/α,β-unsaturated/α-hetero) is 1. The Morgan fingerprint density at radius 1 is 0.923 bits per heavy atom. The van der Waals surface area contributed by atoms with Gasteiger partial charge in [-0.05, 0) is 23.8 Å². The van der Waals surface area contributed by atoms with Gasteiger partial charge in [-0.15, -0.1) is 0 Å². The molecule has 7 heteroatoms. The summed E-state index contributed by atoms with van der Waals surface area (Å²) in [6.45, 7) is 0. The molecule has 136 valence electrons. The molecule has 1 aliphatic rings. The van der Waals surface area contributed by atoms with Crippen molar-refractivity contribution >= 4 is 11.9 Å². The minimum absolute atomic E-state index is 0.0364. The monoisotopic (exact) mass is 358 g/mol. The highest BCUT2D eigenvalue weighted by Gasteiger charge is 2.35. The number of carbonyl (C=O) groups is 1. The number of benzene rings is 2. The lowest BCUT2D eigenvalue weighted by Crippen LogP contribution is -2.02. The van der Waals surface area contributed by atoms with Crippen molar-refractivity contribution in [2.24, 2.45) is 0 Å². The van der Waals surface area contributed by atoms with Crippen LogP contribution in [0.25, 0.3) is 6.08 Å². The van der Waals surface area contributed by atoms with Crippen LogP contribution in [0.15, 0.2) is 30.0 Å². The molecule has 0 atom stereocenters. The fourth-order valence-corrected chi connectivity index (χ4v) is 2.76. The van der Waals surface area contributed by atoms with E-state index in [1.165, 1.54) is 40.6 Å². The molecule has 0 fully saturated rings. The molecule has 7 nitrogen and oxygen atoms in total. The van der Waals surface area contributed by atoms with E-state index in [9.17, 15) is 9.90 Å². The number of aromatic hydroxyl groups is 1. The zero-order valence-corrected chi connectivity index (χ0v) is 14.8. The summed E-state index contributed by atoms with van der Waals surface area (Å²) in [6, 6.07) is 6.34. The second-order valence-corrected chi connectivity index (χ2v) is 5.39. The first-order chi connectivity index (χ1) is 12.5. The van der Waals surface area contributed by atoms with Crippen molar-refractivity contribution in [3.05, 3.63) is 41.2 Å². The lowest BCUT2D eigenvalue weighted by Gasteiger charge is -2.13. The topological polar surface area (TPSA) is 83.5 Å². The van der Waals surface area contributed by atoms with Gasteiger partial charge in [0.1, 0.15) is 11.3 Å². The first kappa shape index (κ1) is 17.5. The predicted molar refractivity (Wildman–Crippen MR) is 93.7 cm³/mol. The number of rotatable bonds is 5. The van der Waals surface area contributed by atoms with Gasteiger partial charge in [-0.3, -0.25) is 4.79 Å². The summed E-state index contributed by atoms with van der Waals surface area (Å²) >= 11 is 0. The number of hydrogen-bond donors (Lipinski definition) is 1. The van der Waals surface area contributed by atoms with Gasteiger partial charge in [0.25, 0.3) is 0 Å². The summed E-state index contributed by atoms with van der Waals surface area (Å²) < 4.78 is 26.6. The van der Waals surface area contributed by atoms with Crippen LogP contribution in [-0.2, 0) is 0 Å². The number of ketones is 1.